The Bertz CT molecular complexity index is 1120. The van der Waals surface area contributed by atoms with Gasteiger partial charge in [0.05, 0.1) is 17.1 Å². The molecule has 1 fully saturated rings. The Balaban J connectivity index is 1.56. The molecule has 4 N–H and O–H groups in total. The fraction of sp³-hybridized carbons (Fsp3) is 0.250. The van der Waals surface area contributed by atoms with Gasteiger partial charge in [0.2, 0.25) is 5.91 Å². The quantitative estimate of drug-likeness (QED) is 0.462. The number of anilines is 1. The molecule has 1 aliphatic rings. The maximum absolute atomic E-state index is 12.6. The molecule has 2 aromatic carbocycles. The third kappa shape index (κ3) is 6.19. The van der Waals surface area contributed by atoms with Gasteiger partial charge in [-0.1, -0.05) is 30.7 Å². The number of halogens is 1. The zero-order chi connectivity index (χ0) is 22.6. The second-order valence-electron chi connectivity index (χ2n) is 7.18. The molecule has 0 unspecified atom stereocenters. The molecule has 3 rings (SSSR count). The average Bonchev–Trinajstić information content (AvgIpc) is 3.46. The summed E-state index contributed by atoms with van der Waals surface area (Å²) in [6.45, 7) is 1.67. The molecule has 9 nitrogen and oxygen atoms in total. The van der Waals surface area contributed by atoms with E-state index < -0.39 is 21.8 Å². The molecule has 0 saturated heterocycles. The zero-order valence-electron chi connectivity index (χ0n) is 16.5. The van der Waals surface area contributed by atoms with E-state index in [0.717, 1.165) is 6.42 Å². The molecule has 2 atom stereocenters. The lowest BCUT2D eigenvalue weighted by Gasteiger charge is -2.11. The Morgan fingerprint density at radius 2 is 1.77 bits per heavy atom. The van der Waals surface area contributed by atoms with Gasteiger partial charge in [-0.25, -0.2) is 8.42 Å². The van der Waals surface area contributed by atoms with Crippen LogP contribution in [0.5, 0.6) is 0 Å². The van der Waals surface area contributed by atoms with Crippen LogP contribution in [0.1, 0.15) is 23.7 Å². The van der Waals surface area contributed by atoms with Crippen LogP contribution in [0.15, 0.2) is 53.4 Å². The highest BCUT2D eigenvalue weighted by Gasteiger charge is 2.38. The normalized spacial score (nSPS) is 17.4. The van der Waals surface area contributed by atoms with Crippen molar-refractivity contribution >= 4 is 45.0 Å². The number of rotatable bonds is 7. The van der Waals surface area contributed by atoms with Crippen LogP contribution in [0, 0.1) is 11.8 Å². The summed E-state index contributed by atoms with van der Waals surface area (Å²) >= 11 is 5.87. The largest absolute Gasteiger partial charge is 0.347 e. The van der Waals surface area contributed by atoms with Crippen LogP contribution >= 0.6 is 11.6 Å². The number of amides is 3. The van der Waals surface area contributed by atoms with E-state index in [-0.39, 0.29) is 34.5 Å². The van der Waals surface area contributed by atoms with Crippen molar-refractivity contribution in [1.82, 2.24) is 16.2 Å². The summed E-state index contributed by atoms with van der Waals surface area (Å²) in [4.78, 5) is 35.7. The van der Waals surface area contributed by atoms with Crippen LogP contribution in [0.25, 0.3) is 0 Å². The van der Waals surface area contributed by atoms with Gasteiger partial charge in [0.25, 0.3) is 21.8 Å². The first-order chi connectivity index (χ1) is 14.7. The second kappa shape index (κ2) is 9.36. The highest BCUT2D eigenvalue weighted by atomic mass is 35.5. The topological polar surface area (TPSA) is 133 Å². The summed E-state index contributed by atoms with van der Waals surface area (Å²) in [5.41, 5.74) is 4.66. The molecule has 0 bridgehead atoms. The molecule has 0 radical (unpaired) electrons. The minimum absolute atomic E-state index is 0.0186. The fourth-order valence-corrected chi connectivity index (χ4v) is 4.08. The lowest BCUT2D eigenvalue weighted by Crippen LogP contribution is -2.46. The van der Waals surface area contributed by atoms with Crippen LogP contribution in [0.4, 0.5) is 5.69 Å². The van der Waals surface area contributed by atoms with Crippen molar-refractivity contribution in [3.63, 3.8) is 0 Å². The number of hydrogen-bond acceptors (Lipinski definition) is 5. The number of hydrazine groups is 1. The number of nitrogens with one attached hydrogen (secondary N) is 4. The Morgan fingerprint density at radius 1 is 1.06 bits per heavy atom. The molecule has 2 aromatic rings. The van der Waals surface area contributed by atoms with Crippen molar-refractivity contribution in [1.29, 1.82) is 0 Å². The summed E-state index contributed by atoms with van der Waals surface area (Å²) in [6, 6.07) is 11.5. The maximum atomic E-state index is 12.6. The summed E-state index contributed by atoms with van der Waals surface area (Å²) < 4.78 is 27.6. The van der Waals surface area contributed by atoms with Crippen LogP contribution in [0.2, 0.25) is 5.02 Å². The first kappa shape index (κ1) is 22.6. The highest BCUT2D eigenvalue weighted by Crippen LogP contribution is 2.37. The smallest absolute Gasteiger partial charge is 0.269 e. The molecule has 1 saturated carbocycles. The molecule has 1 aliphatic carbocycles. The molecule has 0 aliphatic heterocycles. The van der Waals surface area contributed by atoms with Gasteiger partial charge in [-0.3, -0.25) is 30.0 Å². The van der Waals surface area contributed by atoms with Gasteiger partial charge in [0.1, 0.15) is 0 Å². The average molecular weight is 465 g/mol. The van der Waals surface area contributed by atoms with E-state index in [2.05, 4.69) is 20.9 Å². The van der Waals surface area contributed by atoms with E-state index in [4.69, 9.17) is 11.6 Å². The van der Waals surface area contributed by atoms with Crippen LogP contribution in [-0.2, 0) is 19.6 Å². The minimum atomic E-state index is -3.97. The van der Waals surface area contributed by atoms with Crippen molar-refractivity contribution in [3.05, 3.63) is 59.1 Å². The van der Waals surface area contributed by atoms with Gasteiger partial charge < -0.3 is 5.32 Å². The van der Waals surface area contributed by atoms with E-state index in [1.165, 1.54) is 36.4 Å². The van der Waals surface area contributed by atoms with Crippen molar-refractivity contribution in [2.75, 3.05) is 11.3 Å². The number of benzene rings is 2. The van der Waals surface area contributed by atoms with Crippen LogP contribution in [0.3, 0.4) is 0 Å². The van der Waals surface area contributed by atoms with E-state index in [1.54, 1.807) is 12.1 Å². The predicted octanol–water partition coefficient (Wildman–Crippen LogP) is 1.67. The van der Waals surface area contributed by atoms with Crippen LogP contribution in [-0.4, -0.2) is 32.7 Å². The lowest BCUT2D eigenvalue weighted by atomic mass is 10.2. The number of carbonyl (C=O) groups excluding carboxylic acids is 3. The number of carbonyl (C=O) groups is 3. The monoisotopic (exact) mass is 464 g/mol. The van der Waals surface area contributed by atoms with Gasteiger partial charge in [-0.2, -0.15) is 0 Å². The van der Waals surface area contributed by atoms with Gasteiger partial charge in [-0.15, -0.1) is 0 Å². The van der Waals surface area contributed by atoms with E-state index in [0.29, 0.717) is 10.9 Å². The molecule has 0 aromatic heterocycles. The predicted molar refractivity (Wildman–Crippen MR) is 115 cm³/mol. The van der Waals surface area contributed by atoms with Gasteiger partial charge in [-0.05, 0) is 48.7 Å². The zero-order valence-corrected chi connectivity index (χ0v) is 18.1. The van der Waals surface area contributed by atoms with Crippen molar-refractivity contribution in [2.45, 2.75) is 18.2 Å². The van der Waals surface area contributed by atoms with Crippen molar-refractivity contribution in [3.8, 4) is 0 Å². The lowest BCUT2D eigenvalue weighted by molar-refractivity contribution is -0.127. The number of hydrogen-bond donors (Lipinski definition) is 4. The first-order valence-electron chi connectivity index (χ1n) is 9.41. The Labute approximate surface area is 184 Å². The van der Waals surface area contributed by atoms with Gasteiger partial charge in [0, 0.05) is 16.5 Å². The standard InChI is InChI=1S/C20H21ClN4O5S/c1-12-8-17(12)20(28)22-11-18(26)23-24-19(27)13-4-2-7-16(9-13)31(29,30)25-15-6-3-5-14(21)10-15/h2-7,9-10,12,17,25H,8,11H2,1H3,(H,22,28)(H,23,26)(H,24,27)/t12-,17-/m0/s1. The summed E-state index contributed by atoms with van der Waals surface area (Å²) in [5.74, 6) is -1.26. The van der Waals surface area contributed by atoms with E-state index in [9.17, 15) is 22.8 Å². The molecule has 3 amide bonds. The van der Waals surface area contributed by atoms with Crippen molar-refractivity contribution in [2.24, 2.45) is 11.8 Å². The molecule has 0 heterocycles. The van der Waals surface area contributed by atoms with E-state index >= 15 is 0 Å². The highest BCUT2D eigenvalue weighted by molar-refractivity contribution is 7.92. The van der Waals surface area contributed by atoms with Gasteiger partial charge >= 0.3 is 0 Å². The summed E-state index contributed by atoms with van der Waals surface area (Å²) in [6.07, 6.45) is 0.801. The summed E-state index contributed by atoms with van der Waals surface area (Å²) in [7, 11) is -3.97. The Morgan fingerprint density at radius 3 is 2.45 bits per heavy atom. The molecule has 11 heteroatoms. The molecule has 164 valence electrons. The first-order valence-corrected chi connectivity index (χ1v) is 11.3. The second-order valence-corrected chi connectivity index (χ2v) is 9.30. The molecular weight excluding hydrogens is 444 g/mol. The SMILES string of the molecule is C[C@H]1C[C@@H]1C(=O)NCC(=O)NNC(=O)c1cccc(S(=O)(=O)Nc2cccc(Cl)c2)c1. The third-order valence-electron chi connectivity index (χ3n) is 4.67. The Kier molecular flexibility index (Phi) is 6.81. The van der Waals surface area contributed by atoms with Crippen LogP contribution < -0.4 is 20.9 Å². The maximum Gasteiger partial charge on any atom is 0.269 e. The third-order valence-corrected chi connectivity index (χ3v) is 6.28. The fourth-order valence-electron chi connectivity index (χ4n) is 2.80. The molecule has 0 spiro atoms. The van der Waals surface area contributed by atoms with Crippen molar-refractivity contribution < 1.29 is 22.8 Å². The Hall–Kier alpha value is -3.11. The molecule has 31 heavy (non-hydrogen) atoms. The minimum Gasteiger partial charge on any atom is -0.347 e. The van der Waals surface area contributed by atoms with E-state index in [1.807, 2.05) is 6.92 Å². The summed E-state index contributed by atoms with van der Waals surface area (Å²) in [5, 5.41) is 2.86. The number of sulfonamides is 1. The van der Waals surface area contributed by atoms with Gasteiger partial charge in [0.15, 0.2) is 0 Å². The molecular formula is C20H21ClN4O5S.